The Balaban J connectivity index is 1.27. The summed E-state index contributed by atoms with van der Waals surface area (Å²) in [5.74, 6) is 0. The molecular weight excluding hydrogens is 1060 g/mol. The lowest BCUT2D eigenvalue weighted by Crippen LogP contribution is -2.15. The number of alkyl halides is 6. The molecule has 12 aromatic rings. The summed E-state index contributed by atoms with van der Waals surface area (Å²) in [7, 11) is 0. The van der Waals surface area contributed by atoms with E-state index in [1.165, 1.54) is 12.1 Å². The van der Waals surface area contributed by atoms with Gasteiger partial charge in [-0.1, -0.05) is 101 Å². The normalized spacial score (nSPS) is 12.2. The van der Waals surface area contributed by atoms with Crippen LogP contribution in [0.2, 0.25) is 0 Å². The first-order chi connectivity index (χ1) is 39.8. The van der Waals surface area contributed by atoms with Crippen LogP contribution in [0.15, 0.2) is 152 Å². The van der Waals surface area contributed by atoms with Crippen LogP contribution in [-0.2, 0) is 12.4 Å². The van der Waals surface area contributed by atoms with Gasteiger partial charge in [0, 0.05) is 32.7 Å². The molecule has 0 N–H and O–H groups in total. The number of rotatable bonds is 7. The van der Waals surface area contributed by atoms with E-state index in [4.69, 9.17) is 0 Å². The number of benzene rings is 10. The minimum Gasteiger partial charge on any atom is -0.307 e. The van der Waals surface area contributed by atoms with Crippen LogP contribution in [0.5, 0.6) is 0 Å². The van der Waals surface area contributed by atoms with E-state index in [0.29, 0.717) is 28.9 Å². The van der Waals surface area contributed by atoms with Crippen LogP contribution in [0, 0.1) is 94.4 Å². The van der Waals surface area contributed by atoms with Crippen molar-refractivity contribution in [3.8, 4) is 73.1 Å². The zero-order chi connectivity index (χ0) is 59.7. The second kappa shape index (κ2) is 20.1. The number of nitrogens with zero attached hydrogens (tertiary/aromatic N) is 3. The Morgan fingerprint density at radius 2 is 0.583 bits per heavy atom. The molecule has 0 saturated heterocycles. The Labute approximate surface area is 485 Å². The van der Waals surface area contributed by atoms with E-state index < -0.39 is 34.6 Å². The van der Waals surface area contributed by atoms with Gasteiger partial charge < -0.3 is 9.13 Å². The Kier molecular flexibility index (Phi) is 13.2. The summed E-state index contributed by atoms with van der Waals surface area (Å²) < 4.78 is 96.9. The van der Waals surface area contributed by atoms with Gasteiger partial charge in [-0.05, 0) is 245 Å². The molecule has 418 valence electrons. The fourth-order valence-electron chi connectivity index (χ4n) is 14.3. The van der Waals surface area contributed by atoms with Gasteiger partial charge in [-0.3, -0.25) is 0 Å². The lowest BCUT2D eigenvalue weighted by molar-refractivity contribution is -0.142. The van der Waals surface area contributed by atoms with Crippen LogP contribution in [0.3, 0.4) is 0 Å². The van der Waals surface area contributed by atoms with E-state index in [-0.39, 0.29) is 11.3 Å². The van der Waals surface area contributed by atoms with Gasteiger partial charge in [0.25, 0.3) is 0 Å². The van der Waals surface area contributed by atoms with Crippen molar-refractivity contribution in [1.29, 1.82) is 5.26 Å². The van der Waals surface area contributed by atoms with Crippen molar-refractivity contribution in [3.05, 3.63) is 235 Å². The van der Waals surface area contributed by atoms with E-state index >= 15 is 26.3 Å². The molecule has 0 amide bonds. The molecular formula is C75H61F6N3. The molecule has 0 aliphatic carbocycles. The van der Waals surface area contributed by atoms with Gasteiger partial charge in [0.2, 0.25) is 0 Å². The quantitative estimate of drug-likeness (QED) is 0.146. The second-order valence-electron chi connectivity index (χ2n) is 23.4. The molecule has 0 spiro atoms. The van der Waals surface area contributed by atoms with Crippen molar-refractivity contribution in [2.45, 2.75) is 95.4 Å². The number of halogens is 6. The molecule has 0 fully saturated rings. The highest BCUT2D eigenvalue weighted by Gasteiger charge is 2.42. The first kappa shape index (κ1) is 55.4. The van der Waals surface area contributed by atoms with Crippen LogP contribution in [-0.4, -0.2) is 9.13 Å². The molecule has 0 aliphatic rings. The van der Waals surface area contributed by atoms with Gasteiger partial charge in [-0.25, -0.2) is 0 Å². The number of aryl methyl sites for hydroxylation is 12. The minimum atomic E-state index is -5.23. The smallest absolute Gasteiger partial charge is 0.307 e. The third-order valence-corrected chi connectivity index (χ3v) is 17.1. The SMILES string of the molecule is Cc1cc(C)c(-c2ccc3c(c2)c2cc(-c4c(C)cc(C)cc4C)ccc2n3-c2cc(C#N)c(-c3c(C(F)(F)F)cccc3C(F)(F)F)cc2-n2c3ccc(-c4c(C)cc(C)cc4C)cc3c3cc(-c4c(C)cc(C)cc4C)ccc32)c(C)c1. The summed E-state index contributed by atoms with van der Waals surface area (Å²) in [5.41, 5.74) is 19.9. The average molecular weight is 1120 g/mol. The molecule has 10 aromatic carbocycles. The highest BCUT2D eigenvalue weighted by molar-refractivity contribution is 6.14. The molecule has 0 saturated carbocycles. The summed E-state index contributed by atoms with van der Waals surface area (Å²) in [6.45, 7) is 25.1. The van der Waals surface area contributed by atoms with Crippen LogP contribution < -0.4 is 0 Å². The standard InChI is InChI=1S/C75H61F6N3/c1-39-24-43(5)69(44(6)25-39)51-16-20-63-57(32-51)58-33-52(70-45(7)26-40(2)27-46(70)8)17-21-64(58)83(63)67-36-55(38-82)56(73-61(74(76,77)78)14-13-15-62(73)75(79,80)81)37-68(67)84-65-22-18-53(71-47(9)28-41(3)29-48(71)10)34-59(65)60-35-54(19-23-66(60)84)72-49(11)30-42(4)31-50(72)12/h13-37H,1-12H3. The fourth-order valence-corrected chi connectivity index (χ4v) is 14.3. The second-order valence-corrected chi connectivity index (χ2v) is 23.4. The summed E-state index contributed by atoms with van der Waals surface area (Å²) in [4.78, 5) is 0. The molecule has 0 aliphatic heterocycles. The summed E-state index contributed by atoms with van der Waals surface area (Å²) in [6.07, 6.45) is -10.5. The van der Waals surface area contributed by atoms with Crippen molar-refractivity contribution in [1.82, 2.24) is 9.13 Å². The largest absolute Gasteiger partial charge is 0.417 e. The summed E-state index contributed by atoms with van der Waals surface area (Å²) in [6, 6.07) is 49.3. The molecule has 84 heavy (non-hydrogen) atoms. The van der Waals surface area contributed by atoms with Crippen molar-refractivity contribution < 1.29 is 26.3 Å². The molecule has 2 aromatic heterocycles. The molecule has 0 bridgehead atoms. The van der Waals surface area contributed by atoms with E-state index in [1.54, 1.807) is 0 Å². The molecule has 0 radical (unpaired) electrons. The van der Waals surface area contributed by atoms with Gasteiger partial charge in [0.05, 0.1) is 56.2 Å². The third kappa shape index (κ3) is 9.15. The fraction of sp³-hybridized carbons (Fsp3) is 0.187. The Hall–Kier alpha value is -9.13. The van der Waals surface area contributed by atoms with E-state index in [2.05, 4.69) is 174 Å². The van der Waals surface area contributed by atoms with E-state index in [1.807, 2.05) is 45.5 Å². The Morgan fingerprint density at radius 1 is 0.321 bits per heavy atom. The minimum absolute atomic E-state index is 0.266. The lowest BCUT2D eigenvalue weighted by atomic mass is 9.89. The number of aromatic nitrogens is 2. The Morgan fingerprint density at radius 3 is 0.833 bits per heavy atom. The predicted molar refractivity (Wildman–Crippen MR) is 334 cm³/mol. The molecule has 2 heterocycles. The predicted octanol–water partition coefficient (Wildman–Crippen LogP) is 21.8. The van der Waals surface area contributed by atoms with Crippen molar-refractivity contribution in [3.63, 3.8) is 0 Å². The molecule has 0 atom stereocenters. The van der Waals surface area contributed by atoms with Crippen LogP contribution in [0.25, 0.3) is 111 Å². The van der Waals surface area contributed by atoms with Crippen molar-refractivity contribution in [2.75, 3.05) is 0 Å². The lowest BCUT2D eigenvalue weighted by Gasteiger charge is -2.23. The number of hydrogen-bond donors (Lipinski definition) is 0. The molecule has 12 rings (SSSR count). The number of fused-ring (bicyclic) bond motifs is 6. The van der Waals surface area contributed by atoms with Gasteiger partial charge >= 0.3 is 12.4 Å². The van der Waals surface area contributed by atoms with Crippen molar-refractivity contribution >= 4 is 43.6 Å². The summed E-state index contributed by atoms with van der Waals surface area (Å²) in [5, 5.41) is 14.7. The van der Waals surface area contributed by atoms with Gasteiger partial charge in [0.15, 0.2) is 0 Å². The first-order valence-electron chi connectivity index (χ1n) is 28.2. The van der Waals surface area contributed by atoms with Crippen LogP contribution in [0.4, 0.5) is 26.3 Å². The van der Waals surface area contributed by atoms with Crippen LogP contribution >= 0.6 is 0 Å². The third-order valence-electron chi connectivity index (χ3n) is 17.1. The maximum Gasteiger partial charge on any atom is 0.417 e. The van der Waals surface area contributed by atoms with Crippen LogP contribution in [0.1, 0.15) is 83.5 Å². The number of hydrogen-bond acceptors (Lipinski definition) is 1. The highest BCUT2D eigenvalue weighted by Crippen LogP contribution is 2.50. The van der Waals surface area contributed by atoms with Crippen molar-refractivity contribution in [2.24, 2.45) is 0 Å². The number of nitriles is 1. The Bertz CT molecular complexity index is 4480. The average Bonchev–Trinajstić information content (AvgIpc) is 1.75. The topological polar surface area (TPSA) is 33.6 Å². The first-order valence-corrected chi connectivity index (χ1v) is 28.2. The highest BCUT2D eigenvalue weighted by atomic mass is 19.4. The van der Waals surface area contributed by atoms with Gasteiger partial charge in [-0.2, -0.15) is 31.6 Å². The van der Waals surface area contributed by atoms with E-state index in [9.17, 15) is 5.26 Å². The molecule has 0 unspecified atom stereocenters. The monoisotopic (exact) mass is 1120 g/mol. The van der Waals surface area contributed by atoms with E-state index in [0.717, 1.165) is 150 Å². The zero-order valence-corrected chi connectivity index (χ0v) is 49.0. The zero-order valence-electron chi connectivity index (χ0n) is 49.0. The molecule has 9 heteroatoms. The van der Waals surface area contributed by atoms with Gasteiger partial charge in [-0.15, -0.1) is 0 Å². The van der Waals surface area contributed by atoms with Gasteiger partial charge in [0.1, 0.15) is 0 Å². The summed E-state index contributed by atoms with van der Waals surface area (Å²) >= 11 is 0. The maximum absolute atomic E-state index is 15.5. The maximum atomic E-state index is 15.5. The molecule has 3 nitrogen and oxygen atoms in total.